The molecule has 2 rings (SSSR count). The van der Waals surface area contributed by atoms with Crippen molar-refractivity contribution >= 4 is 37.8 Å². The lowest BCUT2D eigenvalue weighted by Gasteiger charge is -2.25. The van der Waals surface area contributed by atoms with E-state index in [4.69, 9.17) is 0 Å². The summed E-state index contributed by atoms with van der Waals surface area (Å²) in [5.41, 5.74) is 1.17. The minimum absolute atomic E-state index is 0.146. The topological polar surface area (TPSA) is 20.3 Å². The highest BCUT2D eigenvalue weighted by Crippen LogP contribution is 2.29. The molecule has 4 heteroatoms. The van der Waals surface area contributed by atoms with Gasteiger partial charge in [0.25, 0.3) is 0 Å². The van der Waals surface area contributed by atoms with E-state index in [0.717, 1.165) is 11.0 Å². The van der Waals surface area contributed by atoms with E-state index in [1.54, 1.807) is 0 Å². The van der Waals surface area contributed by atoms with Crippen LogP contribution in [0.4, 0.5) is 0 Å². The predicted octanol–water partition coefficient (Wildman–Crippen LogP) is 3.51. The second-order valence-electron chi connectivity index (χ2n) is 4.08. The first-order valence-electron chi connectivity index (χ1n) is 5.27. The Labute approximate surface area is 112 Å². The number of amides is 1. The molecule has 1 aliphatic heterocycles. The molecule has 0 aliphatic carbocycles. The van der Waals surface area contributed by atoms with Gasteiger partial charge in [0, 0.05) is 22.3 Å². The number of carbonyl (C=O) groups is 1. The van der Waals surface area contributed by atoms with E-state index in [1.165, 1.54) is 5.56 Å². The van der Waals surface area contributed by atoms with Gasteiger partial charge >= 0.3 is 0 Å². The molecule has 0 spiro atoms. The molecule has 2 unspecified atom stereocenters. The molecule has 2 nitrogen and oxygen atoms in total. The number of hydrogen-bond donors (Lipinski definition) is 0. The first-order valence-corrected chi connectivity index (χ1v) is 6.98. The van der Waals surface area contributed by atoms with Gasteiger partial charge in [0.1, 0.15) is 0 Å². The van der Waals surface area contributed by atoms with Crippen molar-refractivity contribution in [3.63, 3.8) is 0 Å². The fourth-order valence-electron chi connectivity index (χ4n) is 2.01. The summed E-state index contributed by atoms with van der Waals surface area (Å²) in [6, 6.07) is 8.27. The van der Waals surface area contributed by atoms with Gasteiger partial charge < -0.3 is 4.90 Å². The van der Waals surface area contributed by atoms with Gasteiger partial charge in [0.2, 0.25) is 5.91 Å². The van der Waals surface area contributed by atoms with Gasteiger partial charge in [-0.25, -0.2) is 0 Å². The number of carbonyl (C=O) groups excluding carboxylic acids is 1. The molecule has 1 fully saturated rings. The van der Waals surface area contributed by atoms with Crippen LogP contribution in [0.1, 0.15) is 24.9 Å². The van der Waals surface area contributed by atoms with Crippen molar-refractivity contribution in [2.75, 3.05) is 6.54 Å². The van der Waals surface area contributed by atoms with Gasteiger partial charge in [-0.1, -0.05) is 44.0 Å². The molecule has 0 radical (unpaired) electrons. The Bertz CT molecular complexity index is 408. The molecule has 0 N–H and O–H groups in total. The summed E-state index contributed by atoms with van der Waals surface area (Å²) in [6.07, 6.45) is 0.609. The van der Waals surface area contributed by atoms with Crippen LogP contribution >= 0.6 is 31.9 Å². The Kier molecular flexibility index (Phi) is 3.70. The molecule has 1 aromatic rings. The Balaban J connectivity index is 2.19. The van der Waals surface area contributed by atoms with Crippen LogP contribution in [-0.2, 0) is 4.79 Å². The number of alkyl halides is 1. The zero-order valence-electron chi connectivity index (χ0n) is 8.99. The molecule has 1 aliphatic rings. The lowest BCUT2D eigenvalue weighted by Crippen LogP contribution is -2.28. The highest BCUT2D eigenvalue weighted by Gasteiger charge is 2.31. The van der Waals surface area contributed by atoms with Crippen molar-refractivity contribution in [1.82, 2.24) is 4.90 Å². The smallest absolute Gasteiger partial charge is 0.224 e. The van der Waals surface area contributed by atoms with E-state index in [1.807, 2.05) is 17.0 Å². The Hall–Kier alpha value is -0.350. The van der Waals surface area contributed by atoms with Gasteiger partial charge in [-0.2, -0.15) is 0 Å². The maximum absolute atomic E-state index is 11.8. The van der Waals surface area contributed by atoms with E-state index in [2.05, 4.69) is 50.9 Å². The molecule has 0 bridgehead atoms. The molecule has 16 heavy (non-hydrogen) atoms. The number of likely N-dealkylation sites (tertiary alicyclic amines) is 1. The number of benzene rings is 1. The summed E-state index contributed by atoms with van der Waals surface area (Å²) >= 11 is 6.96. The number of halogens is 2. The van der Waals surface area contributed by atoms with Gasteiger partial charge in [-0.3, -0.25) is 4.79 Å². The molecule has 1 saturated heterocycles. The standard InChI is InChI=1S/C12H13Br2NO/c1-8(9-3-2-4-10(13)5-9)15-7-11(14)6-12(15)16/h2-5,8,11H,6-7H2,1H3. The molecular weight excluding hydrogens is 334 g/mol. The van der Waals surface area contributed by atoms with Crippen LogP contribution in [-0.4, -0.2) is 22.2 Å². The van der Waals surface area contributed by atoms with E-state index in [-0.39, 0.29) is 11.9 Å². The molecule has 0 aromatic heterocycles. The summed E-state index contributed by atoms with van der Waals surface area (Å²) in [7, 11) is 0. The summed E-state index contributed by atoms with van der Waals surface area (Å²) in [5, 5.41) is 0. The van der Waals surface area contributed by atoms with Crippen LogP contribution < -0.4 is 0 Å². The SMILES string of the molecule is CC(c1cccc(Br)c1)N1CC(Br)CC1=O. The third-order valence-corrected chi connectivity index (χ3v) is 4.02. The monoisotopic (exact) mass is 345 g/mol. The molecule has 86 valence electrons. The van der Waals surface area contributed by atoms with Gasteiger partial charge in [-0.15, -0.1) is 0 Å². The first kappa shape index (κ1) is 12.1. The third-order valence-electron chi connectivity index (χ3n) is 2.91. The molecular formula is C12H13Br2NO. The van der Waals surface area contributed by atoms with Crippen LogP contribution in [0.25, 0.3) is 0 Å². The average molecular weight is 347 g/mol. The van der Waals surface area contributed by atoms with Crippen LogP contribution in [0, 0.1) is 0 Å². The summed E-state index contributed by atoms with van der Waals surface area (Å²) in [4.78, 5) is 14.0. The van der Waals surface area contributed by atoms with Gasteiger partial charge in [-0.05, 0) is 24.6 Å². The third kappa shape index (κ3) is 2.48. The van der Waals surface area contributed by atoms with Crippen LogP contribution in [0.2, 0.25) is 0 Å². The lowest BCUT2D eigenvalue weighted by atomic mass is 10.1. The largest absolute Gasteiger partial charge is 0.335 e. The lowest BCUT2D eigenvalue weighted by molar-refractivity contribution is -0.129. The van der Waals surface area contributed by atoms with Crippen LogP contribution in [0.3, 0.4) is 0 Å². The van der Waals surface area contributed by atoms with E-state index in [9.17, 15) is 4.79 Å². The number of rotatable bonds is 2. The minimum Gasteiger partial charge on any atom is -0.335 e. The van der Waals surface area contributed by atoms with Crippen LogP contribution in [0.5, 0.6) is 0 Å². The fourth-order valence-corrected chi connectivity index (χ4v) is 3.01. The average Bonchev–Trinajstić information content (AvgIpc) is 2.57. The van der Waals surface area contributed by atoms with Crippen molar-refractivity contribution in [1.29, 1.82) is 0 Å². The zero-order chi connectivity index (χ0) is 11.7. The second kappa shape index (κ2) is 4.88. The Morgan fingerprint density at radius 1 is 1.50 bits per heavy atom. The number of hydrogen-bond acceptors (Lipinski definition) is 1. The van der Waals surface area contributed by atoms with Crippen LogP contribution in [0.15, 0.2) is 28.7 Å². The van der Waals surface area contributed by atoms with E-state index >= 15 is 0 Å². The van der Waals surface area contributed by atoms with Crippen molar-refractivity contribution in [2.45, 2.75) is 24.2 Å². The van der Waals surface area contributed by atoms with Gasteiger partial charge in [0.15, 0.2) is 0 Å². The minimum atomic E-state index is 0.146. The molecule has 1 aromatic carbocycles. The summed E-state index contributed by atoms with van der Waals surface area (Å²) < 4.78 is 1.05. The highest BCUT2D eigenvalue weighted by molar-refractivity contribution is 9.10. The summed E-state index contributed by atoms with van der Waals surface area (Å²) in [5.74, 6) is 0.231. The molecule has 2 atom stereocenters. The molecule has 1 amide bonds. The highest BCUT2D eigenvalue weighted by atomic mass is 79.9. The quantitative estimate of drug-likeness (QED) is 0.750. The first-order chi connectivity index (χ1) is 7.58. The Morgan fingerprint density at radius 2 is 2.25 bits per heavy atom. The zero-order valence-corrected chi connectivity index (χ0v) is 12.2. The maximum atomic E-state index is 11.8. The van der Waals surface area contributed by atoms with E-state index in [0.29, 0.717) is 11.2 Å². The Morgan fingerprint density at radius 3 is 2.81 bits per heavy atom. The normalized spacial score (nSPS) is 22.6. The predicted molar refractivity (Wildman–Crippen MR) is 71.6 cm³/mol. The van der Waals surface area contributed by atoms with Crippen molar-refractivity contribution in [3.05, 3.63) is 34.3 Å². The van der Waals surface area contributed by atoms with Crippen molar-refractivity contribution in [3.8, 4) is 0 Å². The molecule has 0 saturated carbocycles. The van der Waals surface area contributed by atoms with Crippen molar-refractivity contribution in [2.24, 2.45) is 0 Å². The second-order valence-corrected chi connectivity index (χ2v) is 6.29. The van der Waals surface area contributed by atoms with E-state index < -0.39 is 0 Å². The molecule has 1 heterocycles. The maximum Gasteiger partial charge on any atom is 0.224 e. The number of nitrogens with zero attached hydrogens (tertiary/aromatic N) is 1. The van der Waals surface area contributed by atoms with Crippen molar-refractivity contribution < 1.29 is 4.79 Å². The van der Waals surface area contributed by atoms with Gasteiger partial charge in [0.05, 0.1) is 6.04 Å². The fraction of sp³-hybridized carbons (Fsp3) is 0.417. The summed E-state index contributed by atoms with van der Waals surface area (Å²) in [6.45, 7) is 2.87.